The van der Waals surface area contributed by atoms with E-state index >= 15 is 0 Å². The summed E-state index contributed by atoms with van der Waals surface area (Å²) >= 11 is 0. The van der Waals surface area contributed by atoms with Crippen LogP contribution in [0.25, 0.3) is 21.9 Å². The normalized spacial score (nSPS) is 11.9. The predicted octanol–water partition coefficient (Wildman–Crippen LogP) is 6.66. The van der Waals surface area contributed by atoms with Gasteiger partial charge in [0.05, 0.1) is 5.92 Å². The number of para-hydroxylation sites is 1. The van der Waals surface area contributed by atoms with Crippen molar-refractivity contribution in [3.8, 4) is 0 Å². The van der Waals surface area contributed by atoms with Crippen molar-refractivity contribution in [2.24, 2.45) is 0 Å². The maximum atomic E-state index is 6.04. The number of fused-ring (bicyclic) bond motifs is 3. The molecule has 0 spiro atoms. The molecule has 0 unspecified atom stereocenters. The molecule has 28 heavy (non-hydrogen) atoms. The van der Waals surface area contributed by atoms with E-state index in [1.165, 1.54) is 44.9 Å². The van der Waals surface area contributed by atoms with Gasteiger partial charge in [-0.05, 0) is 74.7 Å². The van der Waals surface area contributed by atoms with Crippen LogP contribution in [0.5, 0.6) is 0 Å². The van der Waals surface area contributed by atoms with Gasteiger partial charge in [-0.2, -0.15) is 0 Å². The van der Waals surface area contributed by atoms with Gasteiger partial charge in [0, 0.05) is 33.5 Å². The van der Waals surface area contributed by atoms with Crippen molar-refractivity contribution >= 4 is 21.9 Å². The number of H-pyrrole nitrogens is 2. The molecule has 0 atom stereocenters. The fourth-order valence-corrected chi connectivity index (χ4v) is 4.50. The second-order valence-electron chi connectivity index (χ2n) is 7.88. The summed E-state index contributed by atoms with van der Waals surface area (Å²) in [5, 5.41) is 2.33. The van der Waals surface area contributed by atoms with Gasteiger partial charge in [-0.3, -0.25) is 0 Å². The van der Waals surface area contributed by atoms with Gasteiger partial charge < -0.3 is 14.4 Å². The summed E-state index contributed by atoms with van der Waals surface area (Å²) < 4.78 is 6.04. The Kier molecular flexibility index (Phi) is 3.73. The van der Waals surface area contributed by atoms with Crippen LogP contribution in [-0.2, 0) is 0 Å². The molecule has 140 valence electrons. The molecule has 2 N–H and O–H groups in total. The highest BCUT2D eigenvalue weighted by Gasteiger charge is 2.24. The van der Waals surface area contributed by atoms with E-state index in [1.807, 2.05) is 12.1 Å². The molecule has 2 aromatic carbocycles. The van der Waals surface area contributed by atoms with E-state index in [-0.39, 0.29) is 5.92 Å². The van der Waals surface area contributed by atoms with E-state index in [1.54, 1.807) is 0 Å². The largest absolute Gasteiger partial charge is 0.456 e. The second kappa shape index (κ2) is 6.16. The number of aromatic amines is 2. The number of benzene rings is 2. The average molecular weight is 368 g/mol. The third-order valence-corrected chi connectivity index (χ3v) is 5.69. The molecule has 0 aliphatic carbocycles. The number of aryl methyl sites for hydroxylation is 4. The molecule has 0 saturated heterocycles. The molecule has 0 fully saturated rings. The number of aromatic nitrogens is 2. The quantitative estimate of drug-likeness (QED) is 0.367. The number of hydrogen-bond donors (Lipinski definition) is 2. The molecule has 0 bridgehead atoms. The summed E-state index contributed by atoms with van der Waals surface area (Å²) in [5.41, 5.74) is 10.6. The Labute approximate surface area is 164 Å². The van der Waals surface area contributed by atoms with Gasteiger partial charge in [0.25, 0.3) is 0 Å². The SMILES string of the molecule is Cc1cc(C)c(C(c2ccc3oc4ccccc4c3c2)c2[nH]c(C)cc2C)[nH]1. The Morgan fingerprint density at radius 3 is 1.89 bits per heavy atom. The number of rotatable bonds is 3. The van der Waals surface area contributed by atoms with E-state index in [2.05, 4.69) is 80.1 Å². The van der Waals surface area contributed by atoms with Gasteiger partial charge in [-0.25, -0.2) is 0 Å². The molecule has 5 aromatic rings. The molecule has 3 heteroatoms. The van der Waals surface area contributed by atoms with Crippen LogP contribution in [0.3, 0.4) is 0 Å². The topological polar surface area (TPSA) is 44.7 Å². The molecule has 5 rings (SSSR count). The van der Waals surface area contributed by atoms with Gasteiger partial charge in [0.15, 0.2) is 0 Å². The van der Waals surface area contributed by atoms with Gasteiger partial charge in [0.1, 0.15) is 11.2 Å². The molecule has 0 aliphatic heterocycles. The zero-order chi connectivity index (χ0) is 19.4. The number of furan rings is 1. The molecule has 3 aromatic heterocycles. The summed E-state index contributed by atoms with van der Waals surface area (Å²) in [5.74, 6) is 0.125. The highest BCUT2D eigenvalue weighted by Crippen LogP contribution is 2.38. The number of nitrogens with one attached hydrogen (secondary N) is 2. The molecule has 0 radical (unpaired) electrons. The van der Waals surface area contributed by atoms with Crippen LogP contribution >= 0.6 is 0 Å². The van der Waals surface area contributed by atoms with Crippen molar-refractivity contribution in [3.63, 3.8) is 0 Å². The van der Waals surface area contributed by atoms with Gasteiger partial charge in [-0.15, -0.1) is 0 Å². The highest BCUT2D eigenvalue weighted by molar-refractivity contribution is 6.05. The van der Waals surface area contributed by atoms with E-state index in [0.29, 0.717) is 0 Å². The minimum Gasteiger partial charge on any atom is -0.456 e. The minimum absolute atomic E-state index is 0.125. The van der Waals surface area contributed by atoms with Crippen LogP contribution in [0.15, 0.2) is 59.0 Å². The molecular weight excluding hydrogens is 344 g/mol. The minimum atomic E-state index is 0.125. The van der Waals surface area contributed by atoms with Gasteiger partial charge in [0.2, 0.25) is 0 Å². The standard InChI is InChI=1S/C25H24N2O/c1-14-11-16(3)26-24(14)23(25-15(2)12-17(4)27-25)18-9-10-22-20(13-18)19-7-5-6-8-21(19)28-22/h5-13,23,26-27H,1-4H3. The maximum absolute atomic E-state index is 6.04. The van der Waals surface area contributed by atoms with Gasteiger partial charge in [-0.1, -0.05) is 24.3 Å². The Bertz CT molecular complexity index is 1270. The summed E-state index contributed by atoms with van der Waals surface area (Å²) in [6, 6.07) is 19.3. The van der Waals surface area contributed by atoms with E-state index in [0.717, 1.165) is 16.6 Å². The smallest absolute Gasteiger partial charge is 0.135 e. The first-order chi connectivity index (χ1) is 13.5. The molecule has 0 saturated carbocycles. The van der Waals surface area contributed by atoms with Crippen LogP contribution in [0.2, 0.25) is 0 Å². The summed E-state index contributed by atoms with van der Waals surface area (Å²) in [4.78, 5) is 7.23. The Balaban J connectivity index is 1.78. The summed E-state index contributed by atoms with van der Waals surface area (Å²) in [6.07, 6.45) is 0. The lowest BCUT2D eigenvalue weighted by molar-refractivity contribution is 0.668. The zero-order valence-electron chi connectivity index (χ0n) is 16.7. The van der Waals surface area contributed by atoms with Crippen LogP contribution < -0.4 is 0 Å². The Morgan fingerprint density at radius 2 is 1.29 bits per heavy atom. The Morgan fingerprint density at radius 1 is 0.679 bits per heavy atom. The lowest BCUT2D eigenvalue weighted by Gasteiger charge is -2.18. The van der Waals surface area contributed by atoms with Gasteiger partial charge >= 0.3 is 0 Å². The summed E-state index contributed by atoms with van der Waals surface area (Å²) in [7, 11) is 0. The molecule has 3 heterocycles. The highest BCUT2D eigenvalue weighted by atomic mass is 16.3. The lowest BCUT2D eigenvalue weighted by Crippen LogP contribution is -2.07. The number of hydrogen-bond acceptors (Lipinski definition) is 1. The van der Waals surface area contributed by atoms with Crippen LogP contribution in [0.1, 0.15) is 45.4 Å². The third-order valence-electron chi connectivity index (χ3n) is 5.69. The first-order valence-corrected chi connectivity index (χ1v) is 9.74. The Hall–Kier alpha value is -3.20. The van der Waals surface area contributed by atoms with E-state index in [4.69, 9.17) is 4.42 Å². The average Bonchev–Trinajstić information content (AvgIpc) is 3.30. The third kappa shape index (κ3) is 2.58. The van der Waals surface area contributed by atoms with Crippen LogP contribution in [0.4, 0.5) is 0 Å². The lowest BCUT2D eigenvalue weighted by atomic mass is 9.88. The fourth-order valence-electron chi connectivity index (χ4n) is 4.50. The first kappa shape index (κ1) is 16.9. The maximum Gasteiger partial charge on any atom is 0.135 e. The molecule has 0 aliphatic rings. The van der Waals surface area contributed by atoms with Crippen molar-refractivity contribution < 1.29 is 4.42 Å². The van der Waals surface area contributed by atoms with Crippen molar-refractivity contribution in [1.29, 1.82) is 0 Å². The van der Waals surface area contributed by atoms with Crippen LogP contribution in [-0.4, -0.2) is 9.97 Å². The van der Waals surface area contributed by atoms with Crippen molar-refractivity contribution in [3.05, 3.63) is 94.1 Å². The van der Waals surface area contributed by atoms with Crippen LogP contribution in [0, 0.1) is 27.7 Å². The van der Waals surface area contributed by atoms with E-state index < -0.39 is 0 Å². The monoisotopic (exact) mass is 368 g/mol. The first-order valence-electron chi connectivity index (χ1n) is 9.74. The van der Waals surface area contributed by atoms with Crippen molar-refractivity contribution in [2.45, 2.75) is 33.6 Å². The second-order valence-corrected chi connectivity index (χ2v) is 7.88. The van der Waals surface area contributed by atoms with Crippen molar-refractivity contribution in [2.75, 3.05) is 0 Å². The molecule has 0 amide bonds. The summed E-state index contributed by atoms with van der Waals surface area (Å²) in [6.45, 7) is 8.60. The molecular formula is C25H24N2O. The van der Waals surface area contributed by atoms with Crippen molar-refractivity contribution in [1.82, 2.24) is 9.97 Å². The predicted molar refractivity (Wildman–Crippen MR) is 115 cm³/mol. The fraction of sp³-hybridized carbons (Fsp3) is 0.200. The van der Waals surface area contributed by atoms with E-state index in [9.17, 15) is 0 Å². The zero-order valence-corrected chi connectivity index (χ0v) is 16.7. The molecule has 3 nitrogen and oxygen atoms in total.